The molecule has 1 atom stereocenters. The van der Waals surface area contributed by atoms with Crippen LogP contribution >= 0.6 is 0 Å². The number of anilines is 1. The summed E-state index contributed by atoms with van der Waals surface area (Å²) in [5, 5.41) is 11.4. The molecule has 1 heterocycles. The Morgan fingerprint density at radius 3 is 2.38 bits per heavy atom. The van der Waals surface area contributed by atoms with Crippen LogP contribution in [0.5, 0.6) is 0 Å². The fraction of sp³-hybridized carbons (Fsp3) is 0.281. The molecule has 0 aliphatic carbocycles. The van der Waals surface area contributed by atoms with Crippen molar-refractivity contribution in [1.29, 1.82) is 0 Å². The fourth-order valence-corrected chi connectivity index (χ4v) is 4.96. The molecule has 4 rings (SSSR count). The second-order valence-electron chi connectivity index (χ2n) is 11.2. The van der Waals surface area contributed by atoms with Gasteiger partial charge >= 0.3 is 6.09 Å². The molecule has 0 saturated heterocycles. The number of nitrogens with two attached hydrogens (primary N) is 1. The third-order valence-electron chi connectivity index (χ3n) is 6.85. The van der Waals surface area contributed by atoms with Crippen LogP contribution in [0.25, 0.3) is 11.3 Å². The van der Waals surface area contributed by atoms with Crippen molar-refractivity contribution in [2.45, 2.75) is 39.8 Å². The topological polar surface area (TPSA) is 113 Å². The second kappa shape index (κ2) is 12.8. The van der Waals surface area contributed by atoms with Crippen molar-refractivity contribution in [1.82, 2.24) is 19.8 Å². The zero-order valence-corrected chi connectivity index (χ0v) is 23.8. The summed E-state index contributed by atoms with van der Waals surface area (Å²) in [4.78, 5) is 31.7. The summed E-state index contributed by atoms with van der Waals surface area (Å²) in [6.07, 6.45) is 0.861. The van der Waals surface area contributed by atoms with Gasteiger partial charge in [0.25, 0.3) is 5.91 Å². The molecular weight excluding hydrogens is 540 g/mol. The van der Waals surface area contributed by atoms with Crippen molar-refractivity contribution < 1.29 is 23.5 Å². The van der Waals surface area contributed by atoms with Crippen molar-refractivity contribution in [2.24, 2.45) is 5.41 Å². The molecule has 1 aromatic heterocycles. The molecule has 0 saturated carbocycles. The minimum Gasteiger partial charge on any atom is -0.465 e. The molecule has 10 heteroatoms. The van der Waals surface area contributed by atoms with Crippen LogP contribution in [0.1, 0.15) is 55.0 Å². The smallest absolute Gasteiger partial charge is 0.404 e. The number of hydrogen-bond donors (Lipinski definition) is 3. The Morgan fingerprint density at radius 1 is 1.05 bits per heavy atom. The third-order valence-corrected chi connectivity index (χ3v) is 6.85. The Labute approximate surface area is 243 Å². The van der Waals surface area contributed by atoms with E-state index in [9.17, 15) is 18.4 Å². The van der Waals surface area contributed by atoms with E-state index in [0.29, 0.717) is 30.0 Å². The Balaban J connectivity index is 1.87. The largest absolute Gasteiger partial charge is 0.465 e. The summed E-state index contributed by atoms with van der Waals surface area (Å²) in [6, 6.07) is 18.8. The number of imidazole rings is 1. The number of carboxylic acid groups (broad SMARTS) is 1. The van der Waals surface area contributed by atoms with E-state index < -0.39 is 29.2 Å². The number of amides is 2. The zero-order chi connectivity index (χ0) is 30.4. The zero-order valence-electron chi connectivity index (χ0n) is 23.8. The lowest BCUT2D eigenvalue weighted by Gasteiger charge is -2.40. The monoisotopic (exact) mass is 575 g/mol. The van der Waals surface area contributed by atoms with Gasteiger partial charge in [0.2, 0.25) is 0 Å². The van der Waals surface area contributed by atoms with Gasteiger partial charge in [-0.05, 0) is 59.9 Å². The number of nitrogens with one attached hydrogen (secondary N) is 1. The summed E-state index contributed by atoms with van der Waals surface area (Å²) in [5.41, 5.74) is 7.40. The molecular formula is C32H35F2N5O3. The third kappa shape index (κ3) is 7.31. The maximum absolute atomic E-state index is 14.9. The molecule has 0 bridgehead atoms. The van der Waals surface area contributed by atoms with Gasteiger partial charge in [-0.25, -0.2) is 18.6 Å². The van der Waals surface area contributed by atoms with Gasteiger partial charge in [-0.15, -0.1) is 0 Å². The van der Waals surface area contributed by atoms with Crippen LogP contribution in [0.15, 0.2) is 79.0 Å². The van der Waals surface area contributed by atoms with Crippen LogP contribution in [0.3, 0.4) is 0 Å². The number of hydrogen-bond acceptors (Lipinski definition) is 4. The maximum atomic E-state index is 14.9. The van der Waals surface area contributed by atoms with E-state index in [-0.39, 0.29) is 30.3 Å². The summed E-state index contributed by atoms with van der Waals surface area (Å²) in [7, 11) is 0. The first kappa shape index (κ1) is 30.2. The molecule has 220 valence electrons. The molecule has 0 unspecified atom stereocenters. The van der Waals surface area contributed by atoms with Gasteiger partial charge in [-0.3, -0.25) is 4.79 Å². The summed E-state index contributed by atoms with van der Waals surface area (Å²) >= 11 is 0. The summed E-state index contributed by atoms with van der Waals surface area (Å²) in [5.74, 6) is -1.02. The van der Waals surface area contributed by atoms with Crippen LogP contribution in [-0.4, -0.2) is 44.6 Å². The van der Waals surface area contributed by atoms with Crippen molar-refractivity contribution in [3.8, 4) is 11.3 Å². The number of carbonyl (C=O) groups excluding carboxylic acids is 1. The minimum absolute atomic E-state index is 0.0118. The van der Waals surface area contributed by atoms with Crippen LogP contribution in [0.4, 0.5) is 19.3 Å². The van der Waals surface area contributed by atoms with E-state index in [1.165, 1.54) is 0 Å². The highest BCUT2D eigenvalue weighted by atomic mass is 19.1. The van der Waals surface area contributed by atoms with Crippen molar-refractivity contribution in [3.63, 3.8) is 0 Å². The van der Waals surface area contributed by atoms with Gasteiger partial charge in [0.15, 0.2) is 0 Å². The standard InChI is InChI=1S/C32H35F2N5O3/c1-32(2,3)28(39(17-7-16-36-31(41)42)30(40)22-10-13-24(35)14-11-22)29-37-27(25-18-23(33)12-15-26(25)34)20-38(29)19-21-8-5-4-6-9-21/h4-6,8-15,18,20,28,36H,7,16-17,19,35H2,1-3H3,(H,41,42)/t28-/m0/s1. The molecule has 4 N–H and O–H groups in total. The Morgan fingerprint density at radius 2 is 1.74 bits per heavy atom. The number of halogens is 2. The number of aromatic nitrogens is 2. The van der Waals surface area contributed by atoms with Gasteiger partial charge in [0, 0.05) is 42.6 Å². The van der Waals surface area contributed by atoms with Gasteiger partial charge in [-0.2, -0.15) is 0 Å². The predicted molar refractivity (Wildman–Crippen MR) is 158 cm³/mol. The van der Waals surface area contributed by atoms with Crippen molar-refractivity contribution in [3.05, 3.63) is 108 Å². The highest BCUT2D eigenvalue weighted by Gasteiger charge is 2.38. The van der Waals surface area contributed by atoms with E-state index in [1.54, 1.807) is 35.4 Å². The SMILES string of the molecule is CC(C)(C)[C@H](c1nc(-c2cc(F)ccc2F)cn1Cc1ccccc1)N(CCCNC(=O)O)C(=O)c1ccc(N)cc1. The molecule has 0 aliphatic rings. The first-order chi connectivity index (χ1) is 19.9. The first-order valence-electron chi connectivity index (χ1n) is 13.6. The van der Waals surface area contributed by atoms with E-state index in [1.807, 2.05) is 55.7 Å². The molecule has 8 nitrogen and oxygen atoms in total. The molecule has 0 aliphatic heterocycles. The van der Waals surface area contributed by atoms with Gasteiger partial charge in [0.05, 0.1) is 11.7 Å². The van der Waals surface area contributed by atoms with Crippen molar-refractivity contribution >= 4 is 17.7 Å². The lowest BCUT2D eigenvalue weighted by molar-refractivity contribution is 0.0481. The number of nitrogens with zero attached hydrogens (tertiary/aromatic N) is 3. The summed E-state index contributed by atoms with van der Waals surface area (Å²) in [6.45, 7) is 6.63. The number of benzene rings is 3. The van der Waals surface area contributed by atoms with Crippen LogP contribution in [0, 0.1) is 17.0 Å². The molecule has 3 aromatic carbocycles. The second-order valence-corrected chi connectivity index (χ2v) is 11.2. The lowest BCUT2D eigenvalue weighted by Crippen LogP contribution is -2.44. The highest BCUT2D eigenvalue weighted by molar-refractivity contribution is 5.94. The van der Waals surface area contributed by atoms with Crippen LogP contribution in [0.2, 0.25) is 0 Å². The average molecular weight is 576 g/mol. The number of nitrogen functional groups attached to an aromatic ring is 1. The normalized spacial score (nSPS) is 12.1. The molecule has 0 radical (unpaired) electrons. The Bertz CT molecular complexity index is 1530. The van der Waals surface area contributed by atoms with Crippen LogP contribution < -0.4 is 11.1 Å². The molecule has 0 fully saturated rings. The molecule has 42 heavy (non-hydrogen) atoms. The quantitative estimate of drug-likeness (QED) is 0.151. The Hall–Kier alpha value is -4.73. The van der Waals surface area contributed by atoms with E-state index >= 15 is 0 Å². The maximum Gasteiger partial charge on any atom is 0.404 e. The lowest BCUT2D eigenvalue weighted by atomic mass is 9.84. The molecule has 2 amide bonds. The average Bonchev–Trinajstić information content (AvgIpc) is 3.33. The minimum atomic E-state index is -1.15. The van der Waals surface area contributed by atoms with Gasteiger partial charge < -0.3 is 25.6 Å². The molecule has 0 spiro atoms. The summed E-state index contributed by atoms with van der Waals surface area (Å²) < 4.78 is 31.0. The van der Waals surface area contributed by atoms with Gasteiger partial charge in [-0.1, -0.05) is 51.1 Å². The predicted octanol–water partition coefficient (Wildman–Crippen LogP) is 6.35. The van der Waals surface area contributed by atoms with Crippen LogP contribution in [-0.2, 0) is 6.54 Å². The van der Waals surface area contributed by atoms with E-state index in [0.717, 1.165) is 23.8 Å². The number of carbonyl (C=O) groups is 2. The van der Waals surface area contributed by atoms with Crippen molar-refractivity contribution in [2.75, 3.05) is 18.8 Å². The Kier molecular flexibility index (Phi) is 9.25. The highest BCUT2D eigenvalue weighted by Crippen LogP contribution is 2.40. The molecule has 4 aromatic rings. The number of rotatable bonds is 10. The first-order valence-corrected chi connectivity index (χ1v) is 13.6. The fourth-order valence-electron chi connectivity index (χ4n) is 4.96. The van der Waals surface area contributed by atoms with Gasteiger partial charge in [0.1, 0.15) is 17.5 Å². The van der Waals surface area contributed by atoms with E-state index in [4.69, 9.17) is 15.8 Å². The van der Waals surface area contributed by atoms with E-state index in [2.05, 4.69) is 5.32 Å².